The molecule has 2 aromatic carbocycles. The van der Waals surface area contributed by atoms with Crippen molar-refractivity contribution in [2.45, 2.75) is 57.2 Å². The highest BCUT2D eigenvalue weighted by Gasteiger charge is 2.51. The molecule has 3 aromatic rings. The molecule has 7 nitrogen and oxygen atoms in total. The van der Waals surface area contributed by atoms with Gasteiger partial charge in [0, 0.05) is 27.5 Å². The Hall–Kier alpha value is -3.13. The van der Waals surface area contributed by atoms with Crippen molar-refractivity contribution < 1.29 is 19.5 Å². The van der Waals surface area contributed by atoms with E-state index in [0.717, 1.165) is 32.2 Å². The first-order valence-electron chi connectivity index (χ1n) is 12.0. The Morgan fingerprint density at radius 3 is 2.60 bits per heavy atom. The zero-order chi connectivity index (χ0) is 24.9. The van der Waals surface area contributed by atoms with Gasteiger partial charge in [0.1, 0.15) is 12.1 Å². The van der Waals surface area contributed by atoms with Crippen molar-refractivity contribution in [3.8, 4) is 0 Å². The Labute approximate surface area is 212 Å². The van der Waals surface area contributed by atoms with Gasteiger partial charge in [-0.2, -0.15) is 0 Å². The molecule has 5 atom stereocenters. The molecule has 1 unspecified atom stereocenters. The minimum atomic E-state index is -1.06. The first kappa shape index (κ1) is 23.6. The number of carbonyl (C=O) groups excluding carboxylic acids is 2. The molecule has 2 aliphatic heterocycles. The summed E-state index contributed by atoms with van der Waals surface area (Å²) in [6, 6.07) is 13.6. The van der Waals surface area contributed by atoms with Gasteiger partial charge in [-0.15, -0.1) is 0 Å². The van der Waals surface area contributed by atoms with E-state index in [-0.39, 0.29) is 23.8 Å². The van der Waals surface area contributed by atoms with Crippen LogP contribution in [0.4, 0.5) is 0 Å². The smallest absolute Gasteiger partial charge is 0.326 e. The number of halogens is 1. The summed E-state index contributed by atoms with van der Waals surface area (Å²) in [6.07, 6.45) is 1.51. The zero-order valence-corrected chi connectivity index (χ0v) is 21.2. The van der Waals surface area contributed by atoms with Gasteiger partial charge >= 0.3 is 5.97 Å². The Morgan fingerprint density at radius 2 is 1.91 bits per heavy atom. The molecule has 0 spiro atoms. The first-order valence-corrected chi connectivity index (χ1v) is 12.8. The van der Waals surface area contributed by atoms with Gasteiger partial charge in [0.2, 0.25) is 11.8 Å². The Bertz CT molecular complexity index is 1300. The van der Waals surface area contributed by atoms with Gasteiger partial charge in [-0.05, 0) is 41.7 Å². The number of amides is 2. The van der Waals surface area contributed by atoms with Crippen molar-refractivity contribution in [1.29, 1.82) is 0 Å². The van der Waals surface area contributed by atoms with Gasteiger partial charge in [0.15, 0.2) is 0 Å². The lowest BCUT2D eigenvalue weighted by Crippen LogP contribution is -2.56. The fourth-order valence-electron chi connectivity index (χ4n) is 5.54. The number of carboxylic acid groups (broad SMARTS) is 1. The highest BCUT2D eigenvalue weighted by molar-refractivity contribution is 9.10. The van der Waals surface area contributed by atoms with E-state index in [0.29, 0.717) is 19.3 Å². The molecule has 1 aromatic heterocycles. The van der Waals surface area contributed by atoms with Gasteiger partial charge in [-0.3, -0.25) is 9.59 Å². The van der Waals surface area contributed by atoms with Gasteiger partial charge < -0.3 is 20.3 Å². The number of H-pyrrole nitrogens is 1. The molecule has 1 saturated heterocycles. The van der Waals surface area contributed by atoms with Crippen LogP contribution in [0.5, 0.6) is 0 Å². The van der Waals surface area contributed by atoms with Gasteiger partial charge in [0.25, 0.3) is 0 Å². The molecule has 2 aliphatic rings. The number of hydrogen-bond donors (Lipinski definition) is 3. The number of aromatic nitrogens is 1. The molecular weight excluding hydrogens is 510 g/mol. The summed E-state index contributed by atoms with van der Waals surface area (Å²) in [5.41, 5.74) is 3.88. The van der Waals surface area contributed by atoms with Crippen LogP contribution in [0.1, 0.15) is 55.5 Å². The third-order valence-electron chi connectivity index (χ3n) is 7.61. The molecule has 35 heavy (non-hydrogen) atoms. The Balaban J connectivity index is 1.56. The second-order valence-electron chi connectivity index (χ2n) is 9.59. The minimum Gasteiger partial charge on any atom is -0.480 e. The summed E-state index contributed by atoms with van der Waals surface area (Å²) in [5, 5.41) is 13.5. The van der Waals surface area contributed by atoms with Crippen LogP contribution in [-0.4, -0.2) is 44.9 Å². The number of aromatic amines is 1. The maximum Gasteiger partial charge on any atom is 0.326 e. The molecule has 5 rings (SSSR count). The van der Waals surface area contributed by atoms with Crippen molar-refractivity contribution in [1.82, 2.24) is 15.2 Å². The average molecular weight is 538 g/mol. The predicted molar refractivity (Wildman–Crippen MR) is 136 cm³/mol. The van der Waals surface area contributed by atoms with Crippen molar-refractivity contribution in [3.05, 3.63) is 69.8 Å². The predicted octanol–water partition coefficient (Wildman–Crippen LogP) is 4.53. The Morgan fingerprint density at radius 1 is 1.20 bits per heavy atom. The fourth-order valence-corrected chi connectivity index (χ4v) is 5.81. The summed E-state index contributed by atoms with van der Waals surface area (Å²) in [4.78, 5) is 44.5. The monoisotopic (exact) mass is 537 g/mol. The summed E-state index contributed by atoms with van der Waals surface area (Å²) >= 11 is 3.45. The second-order valence-corrected chi connectivity index (χ2v) is 10.5. The lowest BCUT2D eigenvalue weighted by atomic mass is 9.90. The minimum absolute atomic E-state index is 0.0998. The summed E-state index contributed by atoms with van der Waals surface area (Å²) in [6.45, 7) is 3.71. The van der Waals surface area contributed by atoms with E-state index < -0.39 is 24.0 Å². The first-order chi connectivity index (χ1) is 16.8. The van der Waals surface area contributed by atoms with E-state index in [1.54, 1.807) is 4.90 Å². The molecule has 2 amide bonds. The van der Waals surface area contributed by atoms with Gasteiger partial charge in [0.05, 0.1) is 12.0 Å². The zero-order valence-electron chi connectivity index (χ0n) is 19.6. The molecule has 182 valence electrons. The van der Waals surface area contributed by atoms with E-state index in [1.165, 1.54) is 0 Å². The molecule has 8 heteroatoms. The topological polar surface area (TPSA) is 103 Å². The van der Waals surface area contributed by atoms with E-state index >= 15 is 0 Å². The highest BCUT2D eigenvalue weighted by atomic mass is 79.9. The number of carbonyl (C=O) groups is 3. The summed E-state index contributed by atoms with van der Waals surface area (Å²) in [5.74, 6) is -2.18. The van der Waals surface area contributed by atoms with E-state index in [9.17, 15) is 19.5 Å². The molecule has 1 fully saturated rings. The number of aliphatic carboxylic acids is 1. The third-order valence-corrected chi connectivity index (χ3v) is 8.14. The maximum atomic E-state index is 13.8. The van der Waals surface area contributed by atoms with E-state index in [1.807, 2.05) is 62.4 Å². The number of para-hydroxylation sites is 1. The van der Waals surface area contributed by atoms with Crippen LogP contribution in [0.15, 0.2) is 53.0 Å². The maximum absolute atomic E-state index is 13.8. The van der Waals surface area contributed by atoms with Crippen LogP contribution >= 0.6 is 15.9 Å². The fraction of sp³-hybridized carbons (Fsp3) is 0.370. The second kappa shape index (κ2) is 9.15. The van der Waals surface area contributed by atoms with Crippen molar-refractivity contribution >= 4 is 44.6 Å². The van der Waals surface area contributed by atoms with Crippen LogP contribution in [0.2, 0.25) is 0 Å². The molecule has 3 heterocycles. The lowest BCUT2D eigenvalue weighted by molar-refractivity contribution is -0.146. The molecular formula is C27H28BrN3O4. The number of fused-ring (bicyclic) bond motifs is 5. The molecule has 0 radical (unpaired) electrons. The number of benzene rings is 2. The van der Waals surface area contributed by atoms with E-state index in [2.05, 4.69) is 26.2 Å². The van der Waals surface area contributed by atoms with Crippen molar-refractivity contribution in [2.24, 2.45) is 5.92 Å². The largest absolute Gasteiger partial charge is 0.480 e. The highest BCUT2D eigenvalue weighted by Crippen LogP contribution is 2.48. The number of rotatable bonds is 6. The van der Waals surface area contributed by atoms with Crippen LogP contribution < -0.4 is 5.32 Å². The van der Waals surface area contributed by atoms with Crippen LogP contribution in [0.25, 0.3) is 10.9 Å². The van der Waals surface area contributed by atoms with Crippen LogP contribution in [0, 0.1) is 5.92 Å². The number of nitrogens with one attached hydrogen (secondary N) is 2. The average Bonchev–Trinajstić information content (AvgIpc) is 3.40. The quantitative estimate of drug-likeness (QED) is 0.429. The number of carboxylic acids is 1. The number of hydrogen-bond acceptors (Lipinski definition) is 3. The number of nitrogens with zero attached hydrogens (tertiary/aromatic N) is 1. The molecule has 0 saturated carbocycles. The molecule has 0 aliphatic carbocycles. The third kappa shape index (κ3) is 4.03. The summed E-state index contributed by atoms with van der Waals surface area (Å²) in [7, 11) is 0. The van der Waals surface area contributed by atoms with Crippen LogP contribution in [-0.2, 0) is 20.8 Å². The van der Waals surface area contributed by atoms with Crippen molar-refractivity contribution in [2.75, 3.05) is 0 Å². The van der Waals surface area contributed by atoms with E-state index in [4.69, 9.17) is 0 Å². The van der Waals surface area contributed by atoms with Gasteiger partial charge in [-0.1, -0.05) is 66.5 Å². The van der Waals surface area contributed by atoms with Crippen LogP contribution in [0.3, 0.4) is 0 Å². The Kier molecular flexibility index (Phi) is 6.17. The SMILES string of the molecule is CC[C@H](C)[C@H](NC(=O)[C@@H]1Cc2c([nH]c3ccccc23)[C@H]2CC(c3ccc(Br)cc3)C(=O)N21)C(=O)O. The van der Waals surface area contributed by atoms with Crippen molar-refractivity contribution in [3.63, 3.8) is 0 Å². The molecule has 3 N–H and O–H groups in total. The summed E-state index contributed by atoms with van der Waals surface area (Å²) < 4.78 is 0.935. The van der Waals surface area contributed by atoms with Gasteiger partial charge in [-0.25, -0.2) is 4.79 Å². The lowest BCUT2D eigenvalue weighted by Gasteiger charge is -2.37. The normalized spacial score (nSPS) is 23.0. The molecule has 0 bridgehead atoms. The standard InChI is InChI=1S/C27H28BrN3O4/c1-3-14(2)23(27(34)35)30-25(32)22-13-19-17-6-4-5-7-20(17)29-24(19)21-12-18(26(33)31(21)22)15-8-10-16(28)11-9-15/h4-11,14,18,21-23,29H,3,12-13H2,1-2H3,(H,30,32)(H,34,35)/t14-,18?,21+,22-,23-/m0/s1.